The Morgan fingerprint density at radius 2 is 2.08 bits per heavy atom. The van der Waals surface area contributed by atoms with Crippen molar-refractivity contribution in [1.82, 2.24) is 0 Å². The fraction of sp³-hybridized carbons (Fsp3) is 0.900. The molecule has 3 heteroatoms. The van der Waals surface area contributed by atoms with Gasteiger partial charge in [-0.25, -0.2) is 4.79 Å². The van der Waals surface area contributed by atoms with E-state index in [0.29, 0.717) is 0 Å². The lowest BCUT2D eigenvalue weighted by molar-refractivity contribution is 0.0786. The SMILES string of the molecule is CCCC1CCC2OC(=O)OC2C1. The second-order valence-corrected chi connectivity index (χ2v) is 4.03. The van der Waals surface area contributed by atoms with Gasteiger partial charge in [-0.1, -0.05) is 19.8 Å². The fourth-order valence-electron chi connectivity index (χ4n) is 2.39. The summed E-state index contributed by atoms with van der Waals surface area (Å²) >= 11 is 0. The van der Waals surface area contributed by atoms with Crippen LogP contribution < -0.4 is 0 Å². The van der Waals surface area contributed by atoms with Gasteiger partial charge in [-0.3, -0.25) is 0 Å². The van der Waals surface area contributed by atoms with Crippen LogP contribution in [-0.2, 0) is 9.47 Å². The maximum Gasteiger partial charge on any atom is 0.509 e. The molecule has 1 saturated heterocycles. The zero-order chi connectivity index (χ0) is 9.26. The van der Waals surface area contributed by atoms with Gasteiger partial charge in [0.2, 0.25) is 0 Å². The van der Waals surface area contributed by atoms with E-state index in [2.05, 4.69) is 6.92 Å². The number of ether oxygens (including phenoxy) is 2. The third kappa shape index (κ3) is 1.79. The van der Waals surface area contributed by atoms with E-state index in [-0.39, 0.29) is 12.2 Å². The first-order valence-electron chi connectivity index (χ1n) is 5.17. The summed E-state index contributed by atoms with van der Waals surface area (Å²) in [4.78, 5) is 10.8. The summed E-state index contributed by atoms with van der Waals surface area (Å²) in [6.45, 7) is 2.20. The zero-order valence-corrected chi connectivity index (χ0v) is 7.99. The standard InChI is InChI=1S/C10H16O3/c1-2-3-7-4-5-8-9(6-7)13-10(11)12-8/h7-9H,2-6H2,1H3. The predicted octanol–water partition coefficient (Wildman–Crippen LogP) is 2.49. The Bertz CT molecular complexity index is 202. The van der Waals surface area contributed by atoms with E-state index in [9.17, 15) is 4.79 Å². The number of hydrogen-bond acceptors (Lipinski definition) is 3. The molecule has 3 atom stereocenters. The maximum atomic E-state index is 10.8. The number of fused-ring (bicyclic) bond motifs is 1. The monoisotopic (exact) mass is 184 g/mol. The van der Waals surface area contributed by atoms with Crippen LogP contribution in [0.15, 0.2) is 0 Å². The van der Waals surface area contributed by atoms with E-state index in [1.165, 1.54) is 19.3 Å². The highest BCUT2D eigenvalue weighted by atomic mass is 16.8. The van der Waals surface area contributed by atoms with Gasteiger partial charge in [0.15, 0.2) is 0 Å². The van der Waals surface area contributed by atoms with Crippen LogP contribution in [0, 0.1) is 5.92 Å². The molecule has 3 unspecified atom stereocenters. The number of carbonyl (C=O) groups excluding carboxylic acids is 1. The first-order chi connectivity index (χ1) is 6.29. The van der Waals surface area contributed by atoms with Crippen LogP contribution in [0.3, 0.4) is 0 Å². The molecule has 0 aromatic carbocycles. The quantitative estimate of drug-likeness (QED) is 0.618. The molecule has 2 aliphatic rings. The molecule has 13 heavy (non-hydrogen) atoms. The fourth-order valence-corrected chi connectivity index (χ4v) is 2.39. The minimum Gasteiger partial charge on any atom is -0.427 e. The van der Waals surface area contributed by atoms with E-state index in [1.807, 2.05) is 0 Å². The normalized spacial score (nSPS) is 37.9. The Hall–Kier alpha value is -0.730. The lowest BCUT2D eigenvalue weighted by Gasteiger charge is -2.27. The van der Waals surface area contributed by atoms with E-state index in [1.54, 1.807) is 0 Å². The van der Waals surface area contributed by atoms with Gasteiger partial charge in [-0.05, 0) is 25.2 Å². The molecule has 74 valence electrons. The summed E-state index contributed by atoms with van der Waals surface area (Å²) in [7, 11) is 0. The highest BCUT2D eigenvalue weighted by Crippen LogP contribution is 2.34. The summed E-state index contributed by atoms with van der Waals surface area (Å²) in [6, 6.07) is 0. The van der Waals surface area contributed by atoms with Crippen LogP contribution in [-0.4, -0.2) is 18.4 Å². The van der Waals surface area contributed by atoms with E-state index < -0.39 is 6.16 Å². The first kappa shape index (κ1) is 8.85. The third-order valence-corrected chi connectivity index (χ3v) is 3.03. The zero-order valence-electron chi connectivity index (χ0n) is 7.99. The van der Waals surface area contributed by atoms with Crippen LogP contribution in [0.2, 0.25) is 0 Å². The second-order valence-electron chi connectivity index (χ2n) is 4.03. The third-order valence-electron chi connectivity index (χ3n) is 3.03. The van der Waals surface area contributed by atoms with Gasteiger partial charge in [0.25, 0.3) is 0 Å². The first-order valence-corrected chi connectivity index (χ1v) is 5.17. The van der Waals surface area contributed by atoms with Gasteiger partial charge in [-0.15, -0.1) is 0 Å². The molecule has 0 amide bonds. The molecule has 1 aliphatic heterocycles. The van der Waals surface area contributed by atoms with Crippen LogP contribution in [0.25, 0.3) is 0 Å². The molecule has 1 heterocycles. The summed E-state index contributed by atoms with van der Waals surface area (Å²) in [5, 5.41) is 0. The number of hydrogen-bond donors (Lipinski definition) is 0. The summed E-state index contributed by atoms with van der Waals surface area (Å²) in [6.07, 6.45) is 5.29. The van der Waals surface area contributed by atoms with Crippen molar-refractivity contribution in [3.05, 3.63) is 0 Å². The lowest BCUT2D eigenvalue weighted by atomic mass is 9.83. The highest BCUT2D eigenvalue weighted by molar-refractivity contribution is 5.62. The molecule has 1 saturated carbocycles. The van der Waals surface area contributed by atoms with Crippen molar-refractivity contribution in [3.8, 4) is 0 Å². The molecule has 0 aromatic heterocycles. The molecule has 0 radical (unpaired) electrons. The molecule has 0 N–H and O–H groups in total. The highest BCUT2D eigenvalue weighted by Gasteiger charge is 2.40. The number of rotatable bonds is 2. The second kappa shape index (κ2) is 3.56. The minimum atomic E-state index is -0.466. The summed E-state index contributed by atoms with van der Waals surface area (Å²) < 4.78 is 10.1. The van der Waals surface area contributed by atoms with Crippen molar-refractivity contribution >= 4 is 6.16 Å². The van der Waals surface area contributed by atoms with Gasteiger partial charge < -0.3 is 9.47 Å². The van der Waals surface area contributed by atoms with Crippen molar-refractivity contribution in [2.24, 2.45) is 5.92 Å². The van der Waals surface area contributed by atoms with Gasteiger partial charge in [-0.2, -0.15) is 0 Å². The smallest absolute Gasteiger partial charge is 0.427 e. The van der Waals surface area contributed by atoms with Crippen molar-refractivity contribution in [1.29, 1.82) is 0 Å². The average molecular weight is 184 g/mol. The lowest BCUT2D eigenvalue weighted by Crippen LogP contribution is -2.31. The Morgan fingerprint density at radius 3 is 2.85 bits per heavy atom. The van der Waals surface area contributed by atoms with Crippen LogP contribution in [0.5, 0.6) is 0 Å². The van der Waals surface area contributed by atoms with Crippen LogP contribution in [0.4, 0.5) is 4.79 Å². The maximum absolute atomic E-state index is 10.8. The van der Waals surface area contributed by atoms with E-state index in [0.717, 1.165) is 18.8 Å². The van der Waals surface area contributed by atoms with Gasteiger partial charge in [0.05, 0.1) is 0 Å². The molecule has 2 fully saturated rings. The molecular formula is C10H16O3. The molecular weight excluding hydrogens is 168 g/mol. The van der Waals surface area contributed by atoms with Gasteiger partial charge in [0.1, 0.15) is 12.2 Å². The van der Waals surface area contributed by atoms with E-state index >= 15 is 0 Å². The molecule has 0 spiro atoms. The van der Waals surface area contributed by atoms with Gasteiger partial charge in [0, 0.05) is 0 Å². The predicted molar refractivity (Wildman–Crippen MR) is 47.4 cm³/mol. The van der Waals surface area contributed by atoms with Crippen molar-refractivity contribution in [3.63, 3.8) is 0 Å². The van der Waals surface area contributed by atoms with Crippen LogP contribution in [0.1, 0.15) is 39.0 Å². The Kier molecular flexibility index (Phi) is 2.42. The molecule has 3 nitrogen and oxygen atoms in total. The van der Waals surface area contributed by atoms with Crippen molar-refractivity contribution < 1.29 is 14.3 Å². The Balaban J connectivity index is 1.89. The largest absolute Gasteiger partial charge is 0.509 e. The Morgan fingerprint density at radius 1 is 1.31 bits per heavy atom. The molecule has 1 aliphatic carbocycles. The van der Waals surface area contributed by atoms with Crippen molar-refractivity contribution in [2.45, 2.75) is 51.2 Å². The Labute approximate surface area is 78.4 Å². The topological polar surface area (TPSA) is 35.5 Å². The molecule has 2 rings (SSSR count). The molecule has 0 bridgehead atoms. The van der Waals surface area contributed by atoms with Crippen molar-refractivity contribution in [2.75, 3.05) is 0 Å². The van der Waals surface area contributed by atoms with Crippen LogP contribution >= 0.6 is 0 Å². The minimum absolute atomic E-state index is 0.0535. The van der Waals surface area contributed by atoms with E-state index in [4.69, 9.17) is 9.47 Å². The average Bonchev–Trinajstić information content (AvgIpc) is 2.44. The van der Waals surface area contributed by atoms with Gasteiger partial charge >= 0.3 is 6.16 Å². The summed E-state index contributed by atoms with van der Waals surface area (Å²) in [5.74, 6) is 0.737. The summed E-state index contributed by atoms with van der Waals surface area (Å²) in [5.41, 5.74) is 0. The molecule has 0 aromatic rings. The number of carbonyl (C=O) groups is 1.